The number of pyridine rings is 1. The van der Waals surface area contributed by atoms with Gasteiger partial charge in [0.2, 0.25) is 0 Å². The van der Waals surface area contributed by atoms with Crippen LogP contribution in [-0.2, 0) is 0 Å². The molecule has 5 rings (SSSR count). The molecule has 2 aromatic carbocycles. The molecule has 0 atom stereocenters. The van der Waals surface area contributed by atoms with Crippen molar-refractivity contribution in [1.82, 2.24) is 9.38 Å². The number of benzene rings is 2. The summed E-state index contributed by atoms with van der Waals surface area (Å²) in [6, 6.07) is 22.8. The third kappa shape index (κ3) is 1.73. The molecule has 3 aromatic heterocycles. The number of aromatic nitrogens is 2. The van der Waals surface area contributed by atoms with Crippen LogP contribution in [0.3, 0.4) is 0 Å². The largest absolute Gasteiger partial charge is 0.460 e. The monoisotopic (exact) mass is 298 g/mol. The molecule has 3 nitrogen and oxygen atoms in total. The van der Waals surface area contributed by atoms with Crippen LogP contribution in [0.1, 0.15) is 5.76 Å². The molecule has 0 saturated heterocycles. The Kier molecular flexibility index (Phi) is 2.42. The summed E-state index contributed by atoms with van der Waals surface area (Å²) in [5.74, 6) is 1.77. The summed E-state index contributed by atoms with van der Waals surface area (Å²) in [7, 11) is 0. The van der Waals surface area contributed by atoms with Gasteiger partial charge in [0.15, 0.2) is 5.76 Å². The van der Waals surface area contributed by atoms with Crippen LogP contribution in [0.25, 0.3) is 38.9 Å². The molecule has 0 saturated carbocycles. The Morgan fingerprint density at radius 3 is 2.61 bits per heavy atom. The van der Waals surface area contributed by atoms with E-state index in [1.54, 1.807) is 0 Å². The smallest absolute Gasteiger partial charge is 0.151 e. The molecule has 0 unspecified atom stereocenters. The Morgan fingerprint density at radius 1 is 0.913 bits per heavy atom. The maximum Gasteiger partial charge on any atom is 0.151 e. The second-order valence-corrected chi connectivity index (χ2v) is 5.79. The van der Waals surface area contributed by atoms with Crippen molar-refractivity contribution in [3.05, 3.63) is 72.5 Å². The molecule has 5 aromatic rings. The first-order chi connectivity index (χ1) is 11.3. The molecule has 23 heavy (non-hydrogen) atoms. The van der Waals surface area contributed by atoms with Gasteiger partial charge in [-0.1, -0.05) is 36.4 Å². The van der Waals surface area contributed by atoms with Crippen LogP contribution in [0.5, 0.6) is 0 Å². The van der Waals surface area contributed by atoms with Gasteiger partial charge in [-0.25, -0.2) is 4.98 Å². The van der Waals surface area contributed by atoms with Gasteiger partial charge in [-0.2, -0.15) is 0 Å². The van der Waals surface area contributed by atoms with E-state index >= 15 is 0 Å². The van der Waals surface area contributed by atoms with Gasteiger partial charge in [0.05, 0.1) is 16.7 Å². The molecule has 0 aliphatic carbocycles. The van der Waals surface area contributed by atoms with E-state index in [4.69, 9.17) is 9.40 Å². The van der Waals surface area contributed by atoms with Gasteiger partial charge in [0, 0.05) is 5.39 Å². The topological polar surface area (TPSA) is 30.4 Å². The number of aryl methyl sites for hydroxylation is 1. The minimum absolute atomic E-state index is 0.862. The molecule has 3 heteroatoms. The minimum Gasteiger partial charge on any atom is -0.460 e. The standard InChI is InChI=1S/C20H14N2O/c1-13-10-11-19(23-13)18-12-14-6-2-3-7-15(14)20-21-16-8-4-5-9-17(16)22(18)20/h2-12H,1H3. The van der Waals surface area contributed by atoms with Crippen LogP contribution in [0.15, 0.2) is 71.1 Å². The Morgan fingerprint density at radius 2 is 1.74 bits per heavy atom. The lowest BCUT2D eigenvalue weighted by atomic mass is 10.1. The molecule has 0 radical (unpaired) electrons. The zero-order valence-electron chi connectivity index (χ0n) is 12.7. The molecular formula is C20H14N2O. The molecule has 0 aliphatic heterocycles. The molecule has 0 fully saturated rings. The fraction of sp³-hybridized carbons (Fsp3) is 0.0500. The average molecular weight is 298 g/mol. The summed E-state index contributed by atoms with van der Waals surface area (Å²) in [5.41, 5.74) is 4.08. The van der Waals surface area contributed by atoms with Crippen LogP contribution < -0.4 is 0 Å². The van der Waals surface area contributed by atoms with Crippen LogP contribution in [0, 0.1) is 6.92 Å². The molecule has 0 spiro atoms. The quantitative estimate of drug-likeness (QED) is 0.425. The van der Waals surface area contributed by atoms with Crippen LogP contribution in [0.2, 0.25) is 0 Å². The number of rotatable bonds is 1. The highest BCUT2D eigenvalue weighted by molar-refractivity contribution is 6.00. The van der Waals surface area contributed by atoms with Gasteiger partial charge in [0.25, 0.3) is 0 Å². The zero-order valence-corrected chi connectivity index (χ0v) is 12.7. The number of para-hydroxylation sites is 2. The number of furan rings is 1. The summed E-state index contributed by atoms with van der Waals surface area (Å²) in [4.78, 5) is 4.86. The third-order valence-corrected chi connectivity index (χ3v) is 4.29. The van der Waals surface area contributed by atoms with Crippen molar-refractivity contribution >= 4 is 27.5 Å². The lowest BCUT2D eigenvalue weighted by Crippen LogP contribution is -1.92. The summed E-state index contributed by atoms with van der Waals surface area (Å²) < 4.78 is 8.09. The molecule has 0 bridgehead atoms. The Bertz CT molecular complexity index is 1180. The number of hydrogen-bond acceptors (Lipinski definition) is 2. The van der Waals surface area contributed by atoms with E-state index in [0.29, 0.717) is 0 Å². The van der Waals surface area contributed by atoms with Crippen LogP contribution >= 0.6 is 0 Å². The Hall–Kier alpha value is -3.07. The van der Waals surface area contributed by atoms with E-state index in [2.05, 4.69) is 40.8 Å². The van der Waals surface area contributed by atoms with Gasteiger partial charge in [-0.3, -0.25) is 4.40 Å². The van der Waals surface area contributed by atoms with Gasteiger partial charge >= 0.3 is 0 Å². The highest BCUT2D eigenvalue weighted by Crippen LogP contribution is 2.32. The number of nitrogens with zero attached hydrogens (tertiary/aromatic N) is 2. The first-order valence-electron chi connectivity index (χ1n) is 7.67. The van der Waals surface area contributed by atoms with Gasteiger partial charge in [-0.05, 0) is 42.6 Å². The van der Waals surface area contributed by atoms with Crippen LogP contribution in [0.4, 0.5) is 0 Å². The number of imidazole rings is 1. The molecule has 0 amide bonds. The summed E-state index contributed by atoms with van der Waals surface area (Å²) >= 11 is 0. The maximum absolute atomic E-state index is 5.90. The fourth-order valence-corrected chi connectivity index (χ4v) is 3.24. The van der Waals surface area contributed by atoms with E-state index in [1.807, 2.05) is 37.3 Å². The van der Waals surface area contributed by atoms with E-state index in [1.165, 1.54) is 5.39 Å². The third-order valence-electron chi connectivity index (χ3n) is 4.29. The molecule has 3 heterocycles. The van der Waals surface area contributed by atoms with Crippen molar-refractivity contribution in [3.63, 3.8) is 0 Å². The zero-order chi connectivity index (χ0) is 15.4. The normalized spacial score (nSPS) is 11.7. The van der Waals surface area contributed by atoms with Crippen molar-refractivity contribution in [3.8, 4) is 11.5 Å². The van der Waals surface area contributed by atoms with Crippen LogP contribution in [-0.4, -0.2) is 9.38 Å². The highest BCUT2D eigenvalue weighted by atomic mass is 16.3. The van der Waals surface area contributed by atoms with E-state index in [-0.39, 0.29) is 0 Å². The average Bonchev–Trinajstić information content (AvgIpc) is 3.18. The predicted molar refractivity (Wildman–Crippen MR) is 92.6 cm³/mol. The van der Waals surface area contributed by atoms with Crippen molar-refractivity contribution in [2.75, 3.05) is 0 Å². The maximum atomic E-state index is 5.90. The first kappa shape index (κ1) is 12.5. The van der Waals surface area contributed by atoms with Crippen molar-refractivity contribution in [1.29, 1.82) is 0 Å². The van der Waals surface area contributed by atoms with Crippen molar-refractivity contribution in [2.24, 2.45) is 0 Å². The predicted octanol–water partition coefficient (Wildman–Crippen LogP) is 5.21. The van der Waals surface area contributed by atoms with Crippen molar-refractivity contribution < 1.29 is 4.42 Å². The summed E-state index contributed by atoms with van der Waals surface area (Å²) in [6.07, 6.45) is 0. The number of fused-ring (bicyclic) bond motifs is 5. The second kappa shape index (κ2) is 4.46. The highest BCUT2D eigenvalue weighted by Gasteiger charge is 2.15. The van der Waals surface area contributed by atoms with Crippen molar-refractivity contribution in [2.45, 2.75) is 6.92 Å². The van der Waals surface area contributed by atoms with E-state index in [0.717, 1.165) is 39.3 Å². The number of hydrogen-bond donors (Lipinski definition) is 0. The molecule has 0 aliphatic rings. The minimum atomic E-state index is 0.862. The first-order valence-corrected chi connectivity index (χ1v) is 7.67. The van der Waals surface area contributed by atoms with Gasteiger partial charge in [0.1, 0.15) is 11.4 Å². The van der Waals surface area contributed by atoms with Gasteiger partial charge in [-0.15, -0.1) is 0 Å². The van der Waals surface area contributed by atoms with Gasteiger partial charge < -0.3 is 4.42 Å². The molecule has 0 N–H and O–H groups in total. The van der Waals surface area contributed by atoms with E-state index in [9.17, 15) is 0 Å². The summed E-state index contributed by atoms with van der Waals surface area (Å²) in [5, 5.41) is 2.31. The Labute approximate surface area is 132 Å². The summed E-state index contributed by atoms with van der Waals surface area (Å²) in [6.45, 7) is 1.97. The second-order valence-electron chi connectivity index (χ2n) is 5.79. The lowest BCUT2D eigenvalue weighted by Gasteiger charge is -2.08. The Balaban J connectivity index is 2.05. The van der Waals surface area contributed by atoms with E-state index < -0.39 is 0 Å². The fourth-order valence-electron chi connectivity index (χ4n) is 3.24. The lowest BCUT2D eigenvalue weighted by molar-refractivity contribution is 0.546. The molecule has 110 valence electrons. The SMILES string of the molecule is Cc1ccc(-c2cc3ccccc3c3nc4ccccc4n23)o1. The molecular weight excluding hydrogens is 284 g/mol.